The first kappa shape index (κ1) is 14.5. The van der Waals surface area contributed by atoms with Gasteiger partial charge >= 0.3 is 18.3 Å². The molecular weight excluding hydrogens is 248 g/mol. The van der Waals surface area contributed by atoms with E-state index in [4.69, 9.17) is 0 Å². The largest absolute Gasteiger partial charge is 0.466 e. The lowest BCUT2D eigenvalue weighted by atomic mass is 10.3. The van der Waals surface area contributed by atoms with Crippen molar-refractivity contribution in [2.75, 3.05) is 13.7 Å². The van der Waals surface area contributed by atoms with E-state index in [0.29, 0.717) is 0 Å². The summed E-state index contributed by atoms with van der Waals surface area (Å²) in [6.07, 6.45) is -11.4. The van der Waals surface area contributed by atoms with Gasteiger partial charge in [-0.05, 0) is 0 Å². The highest BCUT2D eigenvalue weighted by atomic mass is 19.4. The van der Waals surface area contributed by atoms with Crippen LogP contribution in [-0.4, -0.2) is 37.8 Å². The van der Waals surface area contributed by atoms with E-state index >= 15 is 0 Å². The standard InChI is InChI=1S/C6H5F6NO3/c1-15-3(14)2-16-13-4(5(7,8)9)6(10,11)12/h2H2,1H3. The van der Waals surface area contributed by atoms with Gasteiger partial charge in [0.15, 0.2) is 0 Å². The lowest BCUT2D eigenvalue weighted by Gasteiger charge is -2.12. The fourth-order valence-corrected chi connectivity index (χ4v) is 0.473. The first-order valence-electron chi connectivity index (χ1n) is 3.50. The molecule has 0 bridgehead atoms. The van der Waals surface area contributed by atoms with Gasteiger partial charge in [-0.15, -0.1) is 0 Å². The van der Waals surface area contributed by atoms with E-state index in [1.165, 1.54) is 0 Å². The number of rotatable bonds is 3. The van der Waals surface area contributed by atoms with E-state index in [-0.39, 0.29) is 0 Å². The van der Waals surface area contributed by atoms with Gasteiger partial charge in [0.05, 0.1) is 7.11 Å². The van der Waals surface area contributed by atoms with Gasteiger partial charge in [0, 0.05) is 0 Å². The highest BCUT2D eigenvalue weighted by Crippen LogP contribution is 2.30. The third-order valence-electron chi connectivity index (χ3n) is 1.10. The van der Waals surface area contributed by atoms with E-state index in [1.54, 1.807) is 0 Å². The molecule has 0 aliphatic rings. The number of nitrogens with zero attached hydrogens (tertiary/aromatic N) is 1. The van der Waals surface area contributed by atoms with E-state index in [0.717, 1.165) is 7.11 Å². The summed E-state index contributed by atoms with van der Waals surface area (Å²) in [5.41, 5.74) is -3.08. The Morgan fingerprint density at radius 1 is 1.12 bits per heavy atom. The Morgan fingerprint density at radius 3 is 1.88 bits per heavy atom. The summed E-state index contributed by atoms with van der Waals surface area (Å²) < 4.78 is 74.6. The Balaban J connectivity index is 4.68. The van der Waals surface area contributed by atoms with Crippen molar-refractivity contribution in [3.05, 3.63) is 0 Å². The third kappa shape index (κ3) is 4.84. The zero-order chi connectivity index (χ0) is 13.0. The number of oxime groups is 1. The number of carbonyl (C=O) groups excluding carboxylic acids is 1. The van der Waals surface area contributed by atoms with Gasteiger partial charge in [-0.2, -0.15) is 26.3 Å². The fraction of sp³-hybridized carbons (Fsp3) is 0.667. The molecular formula is C6H5F6NO3. The summed E-state index contributed by atoms with van der Waals surface area (Å²) in [7, 11) is 0.879. The topological polar surface area (TPSA) is 47.9 Å². The molecule has 0 unspecified atom stereocenters. The van der Waals surface area contributed by atoms with Crippen molar-refractivity contribution >= 4 is 11.7 Å². The minimum atomic E-state index is -5.71. The Hall–Kier alpha value is -1.48. The molecule has 0 N–H and O–H groups in total. The molecule has 0 radical (unpaired) electrons. The Bertz CT molecular complexity index is 265. The highest BCUT2D eigenvalue weighted by Gasteiger charge is 2.54. The third-order valence-corrected chi connectivity index (χ3v) is 1.10. The summed E-state index contributed by atoms with van der Waals surface area (Å²) >= 11 is 0. The van der Waals surface area contributed by atoms with Crippen molar-refractivity contribution in [3.63, 3.8) is 0 Å². The molecule has 0 spiro atoms. The quantitative estimate of drug-likeness (QED) is 0.332. The van der Waals surface area contributed by atoms with Crippen LogP contribution in [0.1, 0.15) is 0 Å². The van der Waals surface area contributed by atoms with Crippen LogP contribution in [0.2, 0.25) is 0 Å². The number of methoxy groups -OCH3 is 1. The Morgan fingerprint density at radius 2 is 1.56 bits per heavy atom. The van der Waals surface area contributed by atoms with Gasteiger partial charge in [0.1, 0.15) is 0 Å². The lowest BCUT2D eigenvalue weighted by Crippen LogP contribution is -2.37. The van der Waals surface area contributed by atoms with Gasteiger partial charge < -0.3 is 9.57 Å². The van der Waals surface area contributed by atoms with Crippen LogP contribution in [0.4, 0.5) is 26.3 Å². The molecule has 0 aliphatic heterocycles. The van der Waals surface area contributed by atoms with E-state index in [2.05, 4.69) is 9.57 Å². The van der Waals surface area contributed by atoms with Crippen LogP contribution in [0.25, 0.3) is 0 Å². The summed E-state index contributed by atoms with van der Waals surface area (Å²) in [6.45, 7) is -1.15. The zero-order valence-corrected chi connectivity index (χ0v) is 7.65. The normalized spacial score (nSPS) is 11.9. The smallest absolute Gasteiger partial charge is 0.441 e. The maximum atomic E-state index is 11.8. The molecule has 0 fully saturated rings. The summed E-state index contributed by atoms with van der Waals surface area (Å²) in [4.78, 5) is 13.9. The summed E-state index contributed by atoms with van der Waals surface area (Å²) in [5.74, 6) is -1.16. The minimum absolute atomic E-state index is 0.879. The molecule has 0 heterocycles. The van der Waals surface area contributed by atoms with Crippen molar-refractivity contribution in [1.29, 1.82) is 0 Å². The molecule has 94 valence electrons. The second kappa shape index (κ2) is 5.03. The SMILES string of the molecule is COC(=O)CON=C(C(F)(F)F)C(F)(F)F. The van der Waals surface area contributed by atoms with E-state index in [1.807, 2.05) is 5.16 Å². The molecule has 4 nitrogen and oxygen atoms in total. The van der Waals surface area contributed by atoms with Gasteiger partial charge in [0.25, 0.3) is 5.71 Å². The zero-order valence-electron chi connectivity index (χ0n) is 7.65. The highest BCUT2D eigenvalue weighted by molar-refractivity contribution is 5.94. The number of ether oxygens (including phenoxy) is 1. The average molecular weight is 253 g/mol. The second-order valence-electron chi connectivity index (χ2n) is 2.28. The van der Waals surface area contributed by atoms with Crippen molar-refractivity contribution in [1.82, 2.24) is 0 Å². The minimum Gasteiger partial charge on any atom is -0.466 e. The van der Waals surface area contributed by atoms with Crippen molar-refractivity contribution < 1.29 is 40.7 Å². The molecule has 0 saturated carbocycles. The number of esters is 1. The summed E-state index contributed by atoms with van der Waals surface area (Å²) in [5, 5.41) is 1.82. The van der Waals surface area contributed by atoms with Crippen LogP contribution in [0.3, 0.4) is 0 Å². The van der Waals surface area contributed by atoms with Crippen LogP contribution in [0.5, 0.6) is 0 Å². The molecule has 0 rings (SSSR count). The number of hydrogen-bond acceptors (Lipinski definition) is 4. The predicted octanol–water partition coefficient (Wildman–Crippen LogP) is 1.66. The monoisotopic (exact) mass is 253 g/mol. The van der Waals surface area contributed by atoms with E-state index < -0.39 is 30.6 Å². The molecule has 0 amide bonds. The maximum absolute atomic E-state index is 11.8. The molecule has 0 aromatic heterocycles. The van der Waals surface area contributed by atoms with Crippen molar-refractivity contribution in [3.8, 4) is 0 Å². The molecule has 0 aromatic carbocycles. The lowest BCUT2D eigenvalue weighted by molar-refractivity contribution is -0.147. The Kier molecular flexibility index (Phi) is 4.57. The van der Waals surface area contributed by atoms with Gasteiger partial charge in [0.2, 0.25) is 6.61 Å². The summed E-state index contributed by atoms with van der Waals surface area (Å²) in [6, 6.07) is 0. The molecule has 0 saturated heterocycles. The molecule has 0 aliphatic carbocycles. The maximum Gasteiger partial charge on any atom is 0.441 e. The van der Waals surface area contributed by atoms with Crippen LogP contribution in [0, 0.1) is 0 Å². The Labute approximate surface area is 84.8 Å². The molecule has 0 atom stereocenters. The first-order valence-corrected chi connectivity index (χ1v) is 3.50. The van der Waals surface area contributed by atoms with Crippen molar-refractivity contribution in [2.45, 2.75) is 12.4 Å². The van der Waals surface area contributed by atoms with Gasteiger partial charge in [-0.1, -0.05) is 5.16 Å². The average Bonchev–Trinajstić information content (AvgIpc) is 2.07. The predicted molar refractivity (Wildman–Crippen MR) is 37.5 cm³/mol. The number of hydrogen-bond donors (Lipinski definition) is 0. The van der Waals surface area contributed by atoms with Crippen LogP contribution < -0.4 is 0 Å². The number of alkyl halides is 6. The first-order chi connectivity index (χ1) is 7.09. The van der Waals surface area contributed by atoms with Gasteiger partial charge in [-0.3, -0.25) is 0 Å². The number of carbonyl (C=O) groups is 1. The molecule has 10 heteroatoms. The molecule has 16 heavy (non-hydrogen) atoms. The van der Waals surface area contributed by atoms with Crippen LogP contribution in [-0.2, 0) is 14.4 Å². The van der Waals surface area contributed by atoms with Crippen LogP contribution in [0.15, 0.2) is 5.16 Å². The fourth-order valence-electron chi connectivity index (χ4n) is 0.473. The van der Waals surface area contributed by atoms with Gasteiger partial charge in [-0.25, -0.2) is 4.79 Å². The van der Waals surface area contributed by atoms with E-state index in [9.17, 15) is 31.1 Å². The second-order valence-corrected chi connectivity index (χ2v) is 2.28. The van der Waals surface area contributed by atoms with Crippen LogP contribution >= 0.6 is 0 Å². The van der Waals surface area contributed by atoms with Crippen molar-refractivity contribution in [2.24, 2.45) is 5.16 Å². The number of halogens is 6. The molecule has 0 aromatic rings.